The first-order valence-electron chi connectivity index (χ1n) is 10.4. The SMILES string of the molecule is CC(=O)Nc1nc(C)c(S(=O)(=O)N2CCC3(CCN(C(=O)/C=C/c4ccsc4)CC3)C2)s1. The van der Waals surface area contributed by atoms with E-state index >= 15 is 0 Å². The number of sulfonamides is 1. The highest BCUT2D eigenvalue weighted by Crippen LogP contribution is 2.43. The topological polar surface area (TPSA) is 99.7 Å². The van der Waals surface area contributed by atoms with Crippen molar-refractivity contribution in [3.63, 3.8) is 0 Å². The number of likely N-dealkylation sites (tertiary alicyclic amines) is 1. The lowest BCUT2D eigenvalue weighted by atomic mass is 9.78. The van der Waals surface area contributed by atoms with Crippen LogP contribution in [0.1, 0.15) is 37.4 Å². The van der Waals surface area contributed by atoms with Crippen molar-refractivity contribution in [2.75, 3.05) is 31.5 Å². The number of piperidine rings is 1. The fourth-order valence-corrected chi connectivity index (χ4v) is 8.07. The van der Waals surface area contributed by atoms with Gasteiger partial charge >= 0.3 is 0 Å². The van der Waals surface area contributed by atoms with E-state index in [9.17, 15) is 18.0 Å². The van der Waals surface area contributed by atoms with Crippen LogP contribution in [-0.2, 0) is 19.6 Å². The monoisotopic (exact) mass is 494 g/mol. The number of anilines is 1. The van der Waals surface area contributed by atoms with E-state index in [1.54, 1.807) is 28.6 Å². The van der Waals surface area contributed by atoms with Gasteiger partial charge < -0.3 is 10.2 Å². The summed E-state index contributed by atoms with van der Waals surface area (Å²) >= 11 is 2.59. The molecule has 8 nitrogen and oxygen atoms in total. The minimum Gasteiger partial charge on any atom is -0.339 e. The highest BCUT2D eigenvalue weighted by molar-refractivity contribution is 7.91. The standard InChI is InChI=1S/C21H26N4O4S3/c1-15-19(31-20(22-15)23-16(2)26)32(28,29)25-11-8-21(14-25)6-9-24(10-7-21)18(27)4-3-17-5-12-30-13-17/h3-5,12-13H,6-11,14H2,1-2H3,(H,22,23,26)/b4-3+. The van der Waals surface area contributed by atoms with Gasteiger partial charge in [-0.05, 0) is 60.1 Å². The molecule has 11 heteroatoms. The highest BCUT2D eigenvalue weighted by Gasteiger charge is 2.45. The Morgan fingerprint density at radius 2 is 1.94 bits per heavy atom. The number of nitrogens with one attached hydrogen (secondary N) is 1. The lowest BCUT2D eigenvalue weighted by molar-refractivity contribution is -0.128. The van der Waals surface area contributed by atoms with Crippen molar-refractivity contribution in [3.8, 4) is 0 Å². The molecule has 0 radical (unpaired) electrons. The summed E-state index contributed by atoms with van der Waals surface area (Å²) in [6, 6.07) is 1.97. The largest absolute Gasteiger partial charge is 0.339 e. The van der Waals surface area contributed by atoms with Gasteiger partial charge in [0.1, 0.15) is 0 Å². The number of carbonyl (C=O) groups excluding carboxylic acids is 2. The first kappa shape index (κ1) is 23.1. The van der Waals surface area contributed by atoms with Gasteiger partial charge in [-0.3, -0.25) is 9.59 Å². The lowest BCUT2D eigenvalue weighted by Crippen LogP contribution is -2.44. The van der Waals surface area contributed by atoms with Crippen molar-refractivity contribution in [1.82, 2.24) is 14.2 Å². The van der Waals surface area contributed by atoms with Crippen LogP contribution in [0.3, 0.4) is 0 Å². The van der Waals surface area contributed by atoms with E-state index in [2.05, 4.69) is 10.3 Å². The zero-order valence-electron chi connectivity index (χ0n) is 18.0. The molecule has 2 amide bonds. The summed E-state index contributed by atoms with van der Waals surface area (Å²) in [5.41, 5.74) is 1.32. The second-order valence-corrected chi connectivity index (χ2v) is 12.3. The average Bonchev–Trinajstić information content (AvgIpc) is 3.47. The molecule has 1 N–H and O–H groups in total. The Morgan fingerprint density at radius 3 is 2.59 bits per heavy atom. The van der Waals surface area contributed by atoms with Crippen LogP contribution in [0.4, 0.5) is 5.13 Å². The molecule has 0 aromatic carbocycles. The molecule has 2 aromatic rings. The molecule has 172 valence electrons. The number of rotatable bonds is 5. The molecule has 0 aliphatic carbocycles. The van der Waals surface area contributed by atoms with Crippen molar-refractivity contribution in [2.24, 2.45) is 5.41 Å². The Bertz CT molecular complexity index is 1130. The van der Waals surface area contributed by atoms with Crippen molar-refractivity contribution in [1.29, 1.82) is 0 Å². The predicted octanol–water partition coefficient (Wildman–Crippen LogP) is 3.19. The molecule has 0 unspecified atom stereocenters. The summed E-state index contributed by atoms with van der Waals surface area (Å²) in [5.74, 6) is -0.284. The maximum Gasteiger partial charge on any atom is 0.254 e. The van der Waals surface area contributed by atoms with Gasteiger partial charge in [-0.1, -0.05) is 11.3 Å². The molecular weight excluding hydrogens is 468 g/mol. The highest BCUT2D eigenvalue weighted by atomic mass is 32.2. The molecule has 2 saturated heterocycles. The quantitative estimate of drug-likeness (QED) is 0.644. The third-order valence-corrected chi connectivity index (χ3v) is 10.3. The Labute approximate surface area is 196 Å². The van der Waals surface area contributed by atoms with Gasteiger partial charge in [0.15, 0.2) is 9.34 Å². The van der Waals surface area contributed by atoms with E-state index in [1.807, 2.05) is 27.8 Å². The Kier molecular flexibility index (Phi) is 6.53. The number of hydrogen-bond donors (Lipinski definition) is 1. The zero-order valence-corrected chi connectivity index (χ0v) is 20.5. The molecule has 2 fully saturated rings. The second-order valence-electron chi connectivity index (χ2n) is 8.38. The smallest absolute Gasteiger partial charge is 0.254 e. The molecule has 0 saturated carbocycles. The molecule has 2 aliphatic rings. The molecule has 0 bridgehead atoms. The van der Waals surface area contributed by atoms with Crippen LogP contribution < -0.4 is 5.32 Å². The van der Waals surface area contributed by atoms with Gasteiger partial charge in [-0.2, -0.15) is 15.6 Å². The van der Waals surface area contributed by atoms with Crippen LogP contribution in [0, 0.1) is 12.3 Å². The number of nitrogens with zero attached hydrogens (tertiary/aromatic N) is 3. The van der Waals surface area contributed by atoms with Crippen molar-refractivity contribution in [3.05, 3.63) is 34.2 Å². The number of aromatic nitrogens is 1. The third kappa shape index (κ3) is 4.80. The maximum atomic E-state index is 13.3. The number of hydrogen-bond acceptors (Lipinski definition) is 7. The van der Waals surface area contributed by atoms with Crippen molar-refractivity contribution < 1.29 is 18.0 Å². The fraction of sp³-hybridized carbons (Fsp3) is 0.476. The first-order chi connectivity index (χ1) is 15.2. The average molecular weight is 495 g/mol. The van der Waals surface area contributed by atoms with Crippen LogP contribution in [0.2, 0.25) is 0 Å². The number of amides is 2. The van der Waals surface area contributed by atoms with Crippen LogP contribution in [-0.4, -0.2) is 60.6 Å². The summed E-state index contributed by atoms with van der Waals surface area (Å²) in [7, 11) is -3.68. The lowest BCUT2D eigenvalue weighted by Gasteiger charge is -2.38. The van der Waals surface area contributed by atoms with Gasteiger partial charge in [-0.15, -0.1) is 0 Å². The molecule has 0 atom stereocenters. The molecular formula is C21H26N4O4S3. The number of carbonyl (C=O) groups is 2. The Balaban J connectivity index is 1.39. The van der Waals surface area contributed by atoms with E-state index in [0.717, 1.165) is 36.2 Å². The van der Waals surface area contributed by atoms with E-state index in [4.69, 9.17) is 0 Å². The fourth-order valence-electron chi connectivity index (χ4n) is 4.29. The normalized spacial score (nSPS) is 19.1. The van der Waals surface area contributed by atoms with E-state index in [0.29, 0.717) is 37.0 Å². The molecule has 2 aromatic heterocycles. The summed E-state index contributed by atoms with van der Waals surface area (Å²) in [6.07, 6.45) is 5.81. The Hall–Kier alpha value is -2.08. The number of thiazole rings is 1. The minimum absolute atomic E-state index is 0.000639. The number of thiophene rings is 1. The van der Waals surface area contributed by atoms with Gasteiger partial charge in [-0.25, -0.2) is 13.4 Å². The van der Waals surface area contributed by atoms with Crippen LogP contribution in [0.5, 0.6) is 0 Å². The Morgan fingerprint density at radius 1 is 1.22 bits per heavy atom. The van der Waals surface area contributed by atoms with E-state index in [1.165, 1.54) is 6.92 Å². The summed E-state index contributed by atoms with van der Waals surface area (Å²) in [4.78, 5) is 29.8. The number of aryl methyl sites for hydroxylation is 1. The van der Waals surface area contributed by atoms with Gasteiger partial charge in [0.2, 0.25) is 11.8 Å². The van der Waals surface area contributed by atoms with Gasteiger partial charge in [0.25, 0.3) is 10.0 Å². The molecule has 1 spiro atoms. The maximum absolute atomic E-state index is 13.3. The summed E-state index contributed by atoms with van der Waals surface area (Å²) < 4.78 is 28.2. The van der Waals surface area contributed by atoms with E-state index < -0.39 is 10.0 Å². The predicted molar refractivity (Wildman–Crippen MR) is 126 cm³/mol. The van der Waals surface area contributed by atoms with Gasteiger partial charge in [0.05, 0.1) is 5.69 Å². The van der Waals surface area contributed by atoms with Gasteiger partial charge in [0, 0.05) is 39.2 Å². The van der Waals surface area contributed by atoms with Crippen LogP contribution in [0.15, 0.2) is 27.1 Å². The second kappa shape index (κ2) is 9.05. The summed E-state index contributed by atoms with van der Waals surface area (Å²) in [5, 5.41) is 6.83. The van der Waals surface area contributed by atoms with E-state index in [-0.39, 0.29) is 21.4 Å². The molecule has 4 rings (SSSR count). The van der Waals surface area contributed by atoms with Crippen molar-refractivity contribution in [2.45, 2.75) is 37.3 Å². The zero-order chi connectivity index (χ0) is 22.9. The molecule has 4 heterocycles. The summed E-state index contributed by atoms with van der Waals surface area (Å²) in [6.45, 7) is 5.19. The van der Waals surface area contributed by atoms with Crippen LogP contribution >= 0.6 is 22.7 Å². The first-order valence-corrected chi connectivity index (χ1v) is 13.6. The minimum atomic E-state index is -3.68. The molecule has 2 aliphatic heterocycles. The van der Waals surface area contributed by atoms with Crippen molar-refractivity contribution >= 4 is 55.7 Å². The van der Waals surface area contributed by atoms with Crippen LogP contribution in [0.25, 0.3) is 6.08 Å². The molecule has 32 heavy (non-hydrogen) atoms. The third-order valence-electron chi connectivity index (χ3n) is 6.11.